The molecule has 0 radical (unpaired) electrons. The lowest BCUT2D eigenvalue weighted by atomic mass is 10.1. The molecule has 1 amide bonds. The molecule has 0 atom stereocenters. The summed E-state index contributed by atoms with van der Waals surface area (Å²) in [5.41, 5.74) is 1.28. The van der Waals surface area contributed by atoms with Gasteiger partial charge in [0.05, 0.1) is 21.3 Å². The Kier molecular flexibility index (Phi) is 4.54. The number of benzene rings is 1. The Morgan fingerprint density at radius 1 is 1.43 bits per heavy atom. The Bertz CT molecular complexity index is 737. The number of amides is 1. The molecular weight excluding hydrogens is 362 g/mol. The highest BCUT2D eigenvalue weighted by atomic mass is 79.9. The van der Waals surface area contributed by atoms with E-state index in [0.717, 1.165) is 0 Å². The summed E-state index contributed by atoms with van der Waals surface area (Å²) in [7, 11) is 0. The number of hydrogen-bond acceptors (Lipinski definition) is 4. The van der Waals surface area contributed by atoms with Crippen molar-refractivity contribution in [3.8, 4) is 0 Å². The van der Waals surface area contributed by atoms with Gasteiger partial charge in [-0.1, -0.05) is 11.6 Å². The lowest BCUT2D eigenvalue weighted by Crippen LogP contribution is -2.13. The molecule has 8 heteroatoms. The van der Waals surface area contributed by atoms with Crippen LogP contribution in [0.15, 0.2) is 34.9 Å². The molecule has 21 heavy (non-hydrogen) atoms. The van der Waals surface area contributed by atoms with E-state index < -0.39 is 4.92 Å². The summed E-state index contributed by atoms with van der Waals surface area (Å²) in [4.78, 5) is 26.2. The van der Waals surface area contributed by atoms with E-state index >= 15 is 0 Å². The van der Waals surface area contributed by atoms with Crippen LogP contribution in [0.4, 0.5) is 11.4 Å². The number of nitro groups is 1. The van der Waals surface area contributed by atoms with Crippen molar-refractivity contribution in [1.82, 2.24) is 4.98 Å². The average molecular weight is 371 g/mol. The van der Waals surface area contributed by atoms with E-state index in [4.69, 9.17) is 11.6 Å². The number of anilines is 1. The number of carbonyl (C=O) groups is 1. The van der Waals surface area contributed by atoms with E-state index in [2.05, 4.69) is 26.2 Å². The first-order valence-corrected chi connectivity index (χ1v) is 6.93. The van der Waals surface area contributed by atoms with Gasteiger partial charge < -0.3 is 5.32 Å². The third kappa shape index (κ3) is 3.56. The Morgan fingerprint density at radius 2 is 2.14 bits per heavy atom. The van der Waals surface area contributed by atoms with E-state index in [9.17, 15) is 14.9 Å². The van der Waals surface area contributed by atoms with Crippen molar-refractivity contribution < 1.29 is 9.72 Å². The van der Waals surface area contributed by atoms with Crippen LogP contribution >= 0.6 is 27.5 Å². The minimum absolute atomic E-state index is 0.0556. The lowest BCUT2D eigenvalue weighted by molar-refractivity contribution is -0.384. The zero-order valence-electron chi connectivity index (χ0n) is 10.8. The minimum Gasteiger partial charge on any atom is -0.321 e. The highest BCUT2D eigenvalue weighted by Gasteiger charge is 2.14. The molecule has 1 N–H and O–H groups in total. The Morgan fingerprint density at radius 3 is 2.71 bits per heavy atom. The molecule has 0 saturated heterocycles. The van der Waals surface area contributed by atoms with E-state index in [1.54, 1.807) is 13.0 Å². The topological polar surface area (TPSA) is 85.1 Å². The van der Waals surface area contributed by atoms with Gasteiger partial charge in [-0.3, -0.25) is 14.9 Å². The van der Waals surface area contributed by atoms with Gasteiger partial charge in [0.25, 0.3) is 11.6 Å². The molecule has 0 aliphatic carbocycles. The van der Waals surface area contributed by atoms with Gasteiger partial charge in [0.2, 0.25) is 0 Å². The first-order chi connectivity index (χ1) is 9.88. The molecular formula is C13H9BrClN3O3. The molecule has 6 nitrogen and oxygen atoms in total. The zero-order chi connectivity index (χ0) is 15.6. The van der Waals surface area contributed by atoms with Crippen molar-refractivity contribution in [1.29, 1.82) is 0 Å². The van der Waals surface area contributed by atoms with E-state index in [0.29, 0.717) is 26.4 Å². The first kappa shape index (κ1) is 15.4. The molecule has 108 valence electrons. The van der Waals surface area contributed by atoms with Gasteiger partial charge in [0.15, 0.2) is 0 Å². The number of aromatic nitrogens is 1. The highest BCUT2D eigenvalue weighted by molar-refractivity contribution is 9.10. The monoisotopic (exact) mass is 369 g/mol. The molecule has 2 rings (SSSR count). The predicted octanol–water partition coefficient (Wildman–Crippen LogP) is 3.97. The summed E-state index contributed by atoms with van der Waals surface area (Å²) < 4.78 is 0.558. The number of aryl methyl sites for hydroxylation is 1. The highest BCUT2D eigenvalue weighted by Crippen LogP contribution is 2.24. The quantitative estimate of drug-likeness (QED) is 0.503. The molecule has 0 fully saturated rings. The molecule has 1 heterocycles. The van der Waals surface area contributed by atoms with Gasteiger partial charge in [0.1, 0.15) is 5.15 Å². The summed E-state index contributed by atoms with van der Waals surface area (Å²) >= 11 is 8.98. The van der Waals surface area contributed by atoms with E-state index in [1.165, 1.54) is 24.4 Å². The van der Waals surface area contributed by atoms with Crippen LogP contribution in [0.2, 0.25) is 5.15 Å². The van der Waals surface area contributed by atoms with Crippen LogP contribution in [0.1, 0.15) is 15.9 Å². The number of nitrogens with zero attached hydrogens (tertiary/aromatic N) is 2. The molecule has 1 aromatic heterocycles. The van der Waals surface area contributed by atoms with Crippen LogP contribution in [-0.4, -0.2) is 15.8 Å². The van der Waals surface area contributed by atoms with Crippen molar-refractivity contribution in [2.45, 2.75) is 6.92 Å². The SMILES string of the molecule is Cc1cc([N+](=O)[O-])ccc1C(=O)Nc1cnc(Cl)c(Br)c1. The van der Waals surface area contributed by atoms with Crippen LogP contribution in [0.5, 0.6) is 0 Å². The summed E-state index contributed by atoms with van der Waals surface area (Å²) in [5.74, 6) is -0.376. The largest absolute Gasteiger partial charge is 0.321 e. The standard InChI is InChI=1S/C13H9BrClN3O3/c1-7-4-9(18(20)21)2-3-10(7)13(19)17-8-5-11(14)12(15)16-6-8/h2-6H,1H3,(H,17,19). The van der Waals surface area contributed by atoms with Gasteiger partial charge in [-0.25, -0.2) is 4.98 Å². The number of non-ortho nitro benzene ring substituents is 1. The number of nitrogens with one attached hydrogen (secondary N) is 1. The Hall–Kier alpha value is -1.99. The number of carbonyl (C=O) groups excluding carboxylic acids is 1. The fourth-order valence-corrected chi connectivity index (χ4v) is 2.16. The zero-order valence-corrected chi connectivity index (χ0v) is 13.1. The second kappa shape index (κ2) is 6.19. The molecule has 0 saturated carbocycles. The minimum atomic E-state index is -0.505. The lowest BCUT2D eigenvalue weighted by Gasteiger charge is -2.08. The molecule has 0 unspecified atom stereocenters. The fraction of sp³-hybridized carbons (Fsp3) is 0.0769. The van der Waals surface area contributed by atoms with Crippen molar-refractivity contribution in [3.05, 3.63) is 61.3 Å². The molecule has 0 bridgehead atoms. The second-order valence-electron chi connectivity index (χ2n) is 4.21. The average Bonchev–Trinajstić information content (AvgIpc) is 2.42. The van der Waals surface area contributed by atoms with Gasteiger partial charge in [-0.05, 0) is 40.5 Å². The smallest absolute Gasteiger partial charge is 0.269 e. The maximum Gasteiger partial charge on any atom is 0.269 e. The van der Waals surface area contributed by atoms with Crippen LogP contribution in [-0.2, 0) is 0 Å². The number of pyridine rings is 1. The third-order valence-electron chi connectivity index (χ3n) is 2.72. The maximum absolute atomic E-state index is 12.2. The number of rotatable bonds is 3. The van der Waals surface area contributed by atoms with Gasteiger partial charge in [0, 0.05) is 17.7 Å². The third-order valence-corrected chi connectivity index (χ3v) is 3.85. The Labute approximate surface area is 133 Å². The molecule has 1 aromatic carbocycles. The van der Waals surface area contributed by atoms with E-state index in [1.807, 2.05) is 0 Å². The summed E-state index contributed by atoms with van der Waals surface area (Å²) in [6.07, 6.45) is 1.42. The Balaban J connectivity index is 2.24. The van der Waals surface area contributed by atoms with Gasteiger partial charge in [-0.15, -0.1) is 0 Å². The fourth-order valence-electron chi connectivity index (χ4n) is 1.70. The van der Waals surface area contributed by atoms with Crippen LogP contribution in [0.25, 0.3) is 0 Å². The summed E-state index contributed by atoms with van der Waals surface area (Å²) in [5, 5.41) is 13.6. The predicted molar refractivity (Wildman–Crippen MR) is 82.7 cm³/mol. The summed E-state index contributed by atoms with van der Waals surface area (Å²) in [6.45, 7) is 1.64. The van der Waals surface area contributed by atoms with Gasteiger partial charge in [-0.2, -0.15) is 0 Å². The normalized spacial score (nSPS) is 10.2. The van der Waals surface area contributed by atoms with Gasteiger partial charge >= 0.3 is 0 Å². The van der Waals surface area contributed by atoms with Crippen molar-refractivity contribution in [2.24, 2.45) is 0 Å². The van der Waals surface area contributed by atoms with Crippen molar-refractivity contribution >= 4 is 44.8 Å². The summed E-state index contributed by atoms with van der Waals surface area (Å²) in [6, 6.07) is 5.68. The molecule has 0 aliphatic rings. The molecule has 0 aliphatic heterocycles. The maximum atomic E-state index is 12.2. The number of nitro benzene ring substituents is 1. The van der Waals surface area contributed by atoms with E-state index in [-0.39, 0.29) is 11.6 Å². The molecule has 2 aromatic rings. The number of hydrogen-bond donors (Lipinski definition) is 1. The first-order valence-electron chi connectivity index (χ1n) is 5.76. The van der Waals surface area contributed by atoms with Crippen LogP contribution in [0, 0.1) is 17.0 Å². The molecule has 0 spiro atoms. The number of halogens is 2. The van der Waals surface area contributed by atoms with Crippen molar-refractivity contribution in [2.75, 3.05) is 5.32 Å². The van der Waals surface area contributed by atoms with Crippen LogP contribution in [0.3, 0.4) is 0 Å². The van der Waals surface area contributed by atoms with Crippen molar-refractivity contribution in [3.63, 3.8) is 0 Å². The van der Waals surface area contributed by atoms with Crippen LogP contribution < -0.4 is 5.32 Å². The second-order valence-corrected chi connectivity index (χ2v) is 5.42.